The number of aryl methyl sites for hydroxylation is 1. The van der Waals surface area contributed by atoms with Gasteiger partial charge in [-0.15, -0.1) is 0 Å². The molecule has 2 aliphatic rings. The molecular formula is C30H36N4O4. The van der Waals surface area contributed by atoms with E-state index in [0.717, 1.165) is 27.6 Å². The topological polar surface area (TPSA) is 95.8 Å². The fourth-order valence-corrected chi connectivity index (χ4v) is 4.55. The number of hydrogen-bond donors (Lipinski definition) is 1. The van der Waals surface area contributed by atoms with E-state index < -0.39 is 0 Å². The fourth-order valence-electron chi connectivity index (χ4n) is 4.55. The predicted octanol–water partition coefficient (Wildman–Crippen LogP) is 5.09. The van der Waals surface area contributed by atoms with Crippen LogP contribution < -0.4 is 9.47 Å². The second-order valence-electron chi connectivity index (χ2n) is 9.53. The van der Waals surface area contributed by atoms with Gasteiger partial charge in [0.1, 0.15) is 18.9 Å². The smallest absolute Gasteiger partial charge is 0.253 e. The van der Waals surface area contributed by atoms with Crippen LogP contribution in [-0.4, -0.2) is 72.2 Å². The molecule has 5 rings (SSSR count). The number of benzene rings is 2. The normalized spacial score (nSPS) is 14.5. The number of rotatable bonds is 4. The van der Waals surface area contributed by atoms with E-state index in [1.807, 2.05) is 31.2 Å². The van der Waals surface area contributed by atoms with Crippen molar-refractivity contribution in [3.05, 3.63) is 53.1 Å². The van der Waals surface area contributed by atoms with Crippen molar-refractivity contribution in [1.82, 2.24) is 14.8 Å². The van der Waals surface area contributed by atoms with Crippen LogP contribution in [0.3, 0.4) is 0 Å². The quantitative estimate of drug-likeness (QED) is 0.488. The number of amides is 2. The van der Waals surface area contributed by atoms with Gasteiger partial charge in [0.05, 0.1) is 10.9 Å². The first-order chi connectivity index (χ1) is 18.4. The van der Waals surface area contributed by atoms with Gasteiger partial charge in [0, 0.05) is 56.0 Å². The third kappa shape index (κ3) is 5.49. The van der Waals surface area contributed by atoms with Crippen molar-refractivity contribution in [3.8, 4) is 22.8 Å². The van der Waals surface area contributed by atoms with Gasteiger partial charge in [-0.1, -0.05) is 44.9 Å². The molecule has 3 aromatic rings. The lowest BCUT2D eigenvalue weighted by Gasteiger charge is -2.34. The Bertz CT molecular complexity index is 1330. The Hall–Kier alpha value is -3.94. The molecular weight excluding hydrogens is 480 g/mol. The van der Waals surface area contributed by atoms with E-state index in [2.05, 4.69) is 13.8 Å². The maximum Gasteiger partial charge on any atom is 0.253 e. The molecule has 1 fully saturated rings. The van der Waals surface area contributed by atoms with Gasteiger partial charge in [-0.2, -0.15) is 0 Å². The SMILES string of the molecule is CC(=O)N1CCN(C(=O)c2ccc(-c3nc4ccc(C)c(C=N)c4c4c3OCCO4)cc2)CC1.CCCC. The Kier molecular flexibility index (Phi) is 8.61. The van der Waals surface area contributed by atoms with E-state index in [-0.39, 0.29) is 11.8 Å². The lowest BCUT2D eigenvalue weighted by Crippen LogP contribution is -2.50. The lowest BCUT2D eigenvalue weighted by molar-refractivity contribution is -0.130. The first kappa shape index (κ1) is 27.1. The van der Waals surface area contributed by atoms with E-state index in [1.165, 1.54) is 19.1 Å². The average Bonchev–Trinajstić information content (AvgIpc) is 2.96. The Labute approximate surface area is 224 Å². The lowest BCUT2D eigenvalue weighted by atomic mass is 9.99. The summed E-state index contributed by atoms with van der Waals surface area (Å²) in [4.78, 5) is 32.9. The summed E-state index contributed by atoms with van der Waals surface area (Å²) in [5, 5.41) is 8.66. The van der Waals surface area contributed by atoms with Crippen molar-refractivity contribution in [1.29, 1.82) is 5.41 Å². The van der Waals surface area contributed by atoms with Crippen molar-refractivity contribution in [2.45, 2.75) is 40.5 Å². The zero-order chi connectivity index (χ0) is 27.2. The number of ether oxygens (including phenoxy) is 2. The number of piperazine rings is 1. The Morgan fingerprint density at radius 1 is 0.921 bits per heavy atom. The molecule has 0 radical (unpaired) electrons. The van der Waals surface area contributed by atoms with Gasteiger partial charge in [-0.25, -0.2) is 4.98 Å². The highest BCUT2D eigenvalue weighted by molar-refractivity contribution is 6.05. The Morgan fingerprint density at radius 2 is 1.53 bits per heavy atom. The third-order valence-corrected chi connectivity index (χ3v) is 6.96. The summed E-state index contributed by atoms with van der Waals surface area (Å²) >= 11 is 0. The predicted molar refractivity (Wildman–Crippen MR) is 150 cm³/mol. The zero-order valence-corrected chi connectivity index (χ0v) is 22.7. The van der Waals surface area contributed by atoms with Crippen LogP contribution in [0.2, 0.25) is 0 Å². The van der Waals surface area contributed by atoms with Gasteiger partial charge in [-0.05, 0) is 30.7 Å². The van der Waals surface area contributed by atoms with Crippen LogP contribution in [0.5, 0.6) is 11.5 Å². The molecule has 8 nitrogen and oxygen atoms in total. The molecule has 0 spiro atoms. The highest BCUT2D eigenvalue weighted by Gasteiger charge is 2.26. The molecule has 1 saturated heterocycles. The van der Waals surface area contributed by atoms with Gasteiger partial charge in [0.2, 0.25) is 5.91 Å². The largest absolute Gasteiger partial charge is 0.485 e. The van der Waals surface area contributed by atoms with E-state index in [9.17, 15) is 9.59 Å². The summed E-state index contributed by atoms with van der Waals surface area (Å²) < 4.78 is 12.0. The zero-order valence-electron chi connectivity index (χ0n) is 22.7. The van der Waals surface area contributed by atoms with Crippen molar-refractivity contribution in [2.24, 2.45) is 0 Å². The number of pyridine rings is 1. The van der Waals surface area contributed by atoms with Gasteiger partial charge in [0.15, 0.2) is 11.5 Å². The highest BCUT2D eigenvalue weighted by Crippen LogP contribution is 2.45. The van der Waals surface area contributed by atoms with E-state index in [4.69, 9.17) is 19.9 Å². The molecule has 0 saturated carbocycles. The van der Waals surface area contributed by atoms with Crippen molar-refractivity contribution in [3.63, 3.8) is 0 Å². The molecule has 3 heterocycles. The molecule has 0 aliphatic carbocycles. The summed E-state index contributed by atoms with van der Waals surface area (Å²) in [7, 11) is 0. The van der Waals surface area contributed by atoms with Crippen LogP contribution in [0.15, 0.2) is 36.4 Å². The van der Waals surface area contributed by atoms with Crippen LogP contribution in [0.4, 0.5) is 0 Å². The van der Waals surface area contributed by atoms with Crippen LogP contribution in [-0.2, 0) is 4.79 Å². The summed E-state index contributed by atoms with van der Waals surface area (Å²) in [6.07, 6.45) is 3.97. The second-order valence-corrected chi connectivity index (χ2v) is 9.53. The standard InChI is InChI=1S/C26H26N4O4.C4H10/c1-16-3-8-21-22(20(16)15-27)24-25(34-14-13-33-24)23(28-21)18-4-6-19(7-5-18)26(32)30-11-9-29(10-12-30)17(2)31;1-3-4-2/h3-8,15,27H,9-14H2,1-2H3;3-4H2,1-2H3. The third-order valence-electron chi connectivity index (χ3n) is 6.96. The molecule has 0 atom stereocenters. The van der Waals surface area contributed by atoms with Gasteiger partial charge in [0.25, 0.3) is 5.91 Å². The molecule has 1 N–H and O–H groups in total. The number of carbonyl (C=O) groups excluding carboxylic acids is 2. The fraction of sp³-hybridized carbons (Fsp3) is 0.400. The van der Waals surface area contributed by atoms with Crippen molar-refractivity contribution >= 4 is 28.9 Å². The van der Waals surface area contributed by atoms with E-state index >= 15 is 0 Å². The Morgan fingerprint density at radius 3 is 2.11 bits per heavy atom. The molecule has 0 bridgehead atoms. The van der Waals surface area contributed by atoms with Gasteiger partial charge < -0.3 is 24.7 Å². The van der Waals surface area contributed by atoms with Crippen LogP contribution in [0, 0.1) is 12.3 Å². The molecule has 8 heteroatoms. The summed E-state index contributed by atoms with van der Waals surface area (Å²) in [6.45, 7) is 10.9. The Balaban J connectivity index is 0.000000786. The molecule has 2 aliphatic heterocycles. The minimum Gasteiger partial charge on any atom is -0.485 e. The number of nitrogens with one attached hydrogen (secondary N) is 1. The number of hydrogen-bond acceptors (Lipinski definition) is 6. The molecule has 2 aromatic carbocycles. The molecule has 200 valence electrons. The summed E-state index contributed by atoms with van der Waals surface area (Å²) in [6, 6.07) is 11.2. The monoisotopic (exact) mass is 516 g/mol. The van der Waals surface area contributed by atoms with Crippen molar-refractivity contribution < 1.29 is 19.1 Å². The van der Waals surface area contributed by atoms with Crippen molar-refractivity contribution in [2.75, 3.05) is 39.4 Å². The number of fused-ring (bicyclic) bond motifs is 3. The van der Waals surface area contributed by atoms with Crippen LogP contribution in [0.25, 0.3) is 22.2 Å². The maximum absolute atomic E-state index is 13.0. The minimum atomic E-state index is -0.0473. The summed E-state index contributed by atoms with van der Waals surface area (Å²) in [5.41, 5.74) is 4.53. The van der Waals surface area contributed by atoms with Crippen LogP contribution >= 0.6 is 0 Å². The number of carbonyl (C=O) groups is 2. The number of aromatic nitrogens is 1. The number of unbranched alkanes of at least 4 members (excludes halogenated alkanes) is 1. The van der Waals surface area contributed by atoms with Crippen LogP contribution in [0.1, 0.15) is 55.1 Å². The van der Waals surface area contributed by atoms with Gasteiger partial charge >= 0.3 is 0 Å². The minimum absolute atomic E-state index is 0.0387. The summed E-state index contributed by atoms with van der Waals surface area (Å²) in [5.74, 6) is 1.16. The molecule has 2 amide bonds. The molecule has 0 unspecified atom stereocenters. The van der Waals surface area contributed by atoms with E-state index in [0.29, 0.717) is 62.1 Å². The average molecular weight is 517 g/mol. The first-order valence-electron chi connectivity index (χ1n) is 13.3. The molecule has 1 aromatic heterocycles. The first-order valence-corrected chi connectivity index (χ1v) is 13.3. The number of nitrogens with zero attached hydrogens (tertiary/aromatic N) is 3. The second kappa shape index (κ2) is 12.1. The maximum atomic E-state index is 13.0. The van der Waals surface area contributed by atoms with Gasteiger partial charge in [-0.3, -0.25) is 9.59 Å². The van der Waals surface area contributed by atoms with E-state index in [1.54, 1.807) is 28.9 Å². The highest BCUT2D eigenvalue weighted by atomic mass is 16.6. The molecule has 38 heavy (non-hydrogen) atoms.